The van der Waals surface area contributed by atoms with E-state index in [-0.39, 0.29) is 11.4 Å². The highest BCUT2D eigenvalue weighted by molar-refractivity contribution is 6.25. The van der Waals surface area contributed by atoms with Crippen molar-refractivity contribution in [2.75, 3.05) is 15.1 Å². The van der Waals surface area contributed by atoms with Crippen LogP contribution in [0, 0.1) is 27.8 Å². The van der Waals surface area contributed by atoms with Gasteiger partial charge in [-0.1, -0.05) is 36.4 Å². The summed E-state index contributed by atoms with van der Waals surface area (Å²) < 4.78 is 13.9. The van der Waals surface area contributed by atoms with Crippen molar-refractivity contribution in [2.45, 2.75) is 12.1 Å². The Balaban J connectivity index is 1.41. The van der Waals surface area contributed by atoms with Gasteiger partial charge >= 0.3 is 0 Å². The number of non-ortho nitro benzene ring substituents is 1. The molecule has 0 bridgehead atoms. The Bertz CT molecular complexity index is 1500. The number of carbonyl (C=O) groups excluding carboxylic acids is 3. The van der Waals surface area contributed by atoms with Crippen LogP contribution in [0.25, 0.3) is 6.08 Å². The first-order valence-electron chi connectivity index (χ1n) is 11.6. The number of para-hydroxylation sites is 1. The van der Waals surface area contributed by atoms with E-state index >= 15 is 0 Å². The molecule has 3 heterocycles. The maximum Gasteiger partial charge on any atom is 0.269 e. The molecular formula is C27H19FN4O5. The number of nitrogens with one attached hydrogen (secondary N) is 1. The number of fused-ring (bicyclic) bond motifs is 5. The first-order chi connectivity index (χ1) is 17.8. The number of imide groups is 1. The Kier molecular flexibility index (Phi) is 5.11. The zero-order valence-corrected chi connectivity index (χ0v) is 19.2. The summed E-state index contributed by atoms with van der Waals surface area (Å²) in [5, 5.41) is 13.7. The predicted octanol–water partition coefficient (Wildman–Crippen LogP) is 3.76. The Morgan fingerprint density at radius 2 is 1.68 bits per heavy atom. The van der Waals surface area contributed by atoms with Crippen LogP contribution in [-0.2, 0) is 14.4 Å². The van der Waals surface area contributed by atoms with Crippen molar-refractivity contribution in [3.8, 4) is 0 Å². The van der Waals surface area contributed by atoms with Gasteiger partial charge in [0, 0.05) is 23.5 Å². The maximum absolute atomic E-state index is 13.9. The fraction of sp³-hybridized carbons (Fsp3) is 0.148. The summed E-state index contributed by atoms with van der Waals surface area (Å²) >= 11 is 0. The lowest BCUT2D eigenvalue weighted by Gasteiger charge is -2.36. The average molecular weight is 498 g/mol. The van der Waals surface area contributed by atoms with Crippen molar-refractivity contribution in [2.24, 2.45) is 11.8 Å². The minimum Gasteiger partial charge on any atom is -0.351 e. The Morgan fingerprint density at radius 3 is 2.41 bits per heavy atom. The zero-order chi connectivity index (χ0) is 25.8. The van der Waals surface area contributed by atoms with Gasteiger partial charge in [0.05, 0.1) is 28.5 Å². The topological polar surface area (TPSA) is 113 Å². The van der Waals surface area contributed by atoms with Gasteiger partial charge in [0.15, 0.2) is 0 Å². The van der Waals surface area contributed by atoms with Gasteiger partial charge in [0.2, 0.25) is 17.7 Å². The van der Waals surface area contributed by atoms with Gasteiger partial charge in [0.1, 0.15) is 11.9 Å². The van der Waals surface area contributed by atoms with Crippen LogP contribution in [0.5, 0.6) is 0 Å². The van der Waals surface area contributed by atoms with Gasteiger partial charge < -0.3 is 10.2 Å². The minimum absolute atomic E-state index is 0.116. The smallest absolute Gasteiger partial charge is 0.269 e. The third kappa shape index (κ3) is 3.48. The number of benzene rings is 3. The summed E-state index contributed by atoms with van der Waals surface area (Å²) in [5.41, 5.74) is 1.86. The number of amides is 3. The maximum atomic E-state index is 13.9. The molecule has 184 valence electrons. The van der Waals surface area contributed by atoms with E-state index in [1.54, 1.807) is 4.90 Å². The predicted molar refractivity (Wildman–Crippen MR) is 133 cm³/mol. The van der Waals surface area contributed by atoms with Crippen LogP contribution in [-0.4, -0.2) is 34.7 Å². The Hall–Kier alpha value is -4.86. The van der Waals surface area contributed by atoms with Gasteiger partial charge in [-0.05, 0) is 42.0 Å². The summed E-state index contributed by atoms with van der Waals surface area (Å²) in [6.45, 7) is 0. The molecule has 4 atom stereocenters. The molecule has 0 radical (unpaired) electrons. The minimum atomic E-state index is -1.05. The number of carbonyl (C=O) groups is 3. The molecule has 0 saturated carbocycles. The second-order valence-corrected chi connectivity index (χ2v) is 9.10. The molecule has 6 rings (SSSR count). The van der Waals surface area contributed by atoms with Gasteiger partial charge in [-0.2, -0.15) is 0 Å². The molecule has 1 N–H and O–H groups in total. The van der Waals surface area contributed by atoms with Crippen molar-refractivity contribution >= 4 is 46.5 Å². The number of hydrogen-bond acceptors (Lipinski definition) is 6. The Labute approximate surface area is 209 Å². The van der Waals surface area contributed by atoms with E-state index in [0.717, 1.165) is 16.5 Å². The fourth-order valence-corrected chi connectivity index (χ4v) is 5.57. The molecule has 0 unspecified atom stereocenters. The first-order valence-corrected chi connectivity index (χ1v) is 11.6. The van der Waals surface area contributed by atoms with Crippen molar-refractivity contribution in [3.05, 3.63) is 100 Å². The molecule has 3 aliphatic rings. The number of hydrogen-bond donors (Lipinski definition) is 1. The molecule has 0 spiro atoms. The highest BCUT2D eigenvalue weighted by Gasteiger charge is 2.64. The molecule has 2 fully saturated rings. The third-order valence-electron chi connectivity index (χ3n) is 7.10. The van der Waals surface area contributed by atoms with E-state index in [9.17, 15) is 28.9 Å². The lowest BCUT2D eigenvalue weighted by atomic mass is 9.88. The van der Waals surface area contributed by atoms with Crippen LogP contribution in [0.1, 0.15) is 5.56 Å². The number of anilines is 3. The molecule has 9 nitrogen and oxygen atoms in total. The molecule has 3 amide bonds. The zero-order valence-electron chi connectivity index (χ0n) is 19.2. The van der Waals surface area contributed by atoms with E-state index in [4.69, 9.17) is 0 Å². The number of rotatable bonds is 4. The van der Waals surface area contributed by atoms with E-state index in [1.165, 1.54) is 42.5 Å². The second-order valence-electron chi connectivity index (χ2n) is 9.10. The van der Waals surface area contributed by atoms with E-state index < -0.39 is 52.4 Å². The molecule has 0 aliphatic carbocycles. The van der Waals surface area contributed by atoms with Crippen molar-refractivity contribution in [3.63, 3.8) is 0 Å². The van der Waals surface area contributed by atoms with Crippen molar-refractivity contribution in [1.29, 1.82) is 0 Å². The largest absolute Gasteiger partial charge is 0.351 e. The average Bonchev–Trinajstić information content (AvgIpc) is 3.37. The van der Waals surface area contributed by atoms with E-state index in [0.29, 0.717) is 11.4 Å². The number of halogens is 1. The quantitative estimate of drug-likeness (QED) is 0.333. The highest BCUT2D eigenvalue weighted by atomic mass is 19.1. The van der Waals surface area contributed by atoms with Crippen LogP contribution in [0.4, 0.5) is 27.1 Å². The molecule has 0 aromatic heterocycles. The third-order valence-corrected chi connectivity index (χ3v) is 7.10. The molecule has 10 heteroatoms. The van der Waals surface area contributed by atoms with Crippen LogP contribution in [0.15, 0.2) is 78.9 Å². The van der Waals surface area contributed by atoms with E-state index in [1.807, 2.05) is 36.4 Å². The lowest BCUT2D eigenvalue weighted by Crippen LogP contribution is -2.50. The molecule has 3 aromatic carbocycles. The standard InChI is InChI=1S/C27H19FN4O5/c28-16-5-3-6-19(14-16)30-26(34)22-21-13-8-15-4-1-2-7-20(15)31(21)24(23(22)27(30)35)25(33)29-17-9-11-18(12-10-17)32(36)37/h1-14,21-24H,(H,29,33)/t21-,22-,23-,24+/m0/s1. The van der Waals surface area contributed by atoms with Gasteiger partial charge in [-0.25, -0.2) is 9.29 Å². The summed E-state index contributed by atoms with van der Waals surface area (Å²) in [7, 11) is 0. The molecular weight excluding hydrogens is 479 g/mol. The number of nitrogens with zero attached hydrogens (tertiary/aromatic N) is 3. The summed E-state index contributed by atoms with van der Waals surface area (Å²) in [6.07, 6.45) is 3.69. The SMILES string of the molecule is O=C(Nc1ccc([N+](=O)[O-])cc1)[C@H]1[C@H]2C(=O)N(c3cccc(F)c3)C(=O)[C@H]2[C@@H]2C=Cc3ccccc3N21. The van der Waals surface area contributed by atoms with E-state index in [2.05, 4.69) is 5.32 Å². The normalized spacial score (nSPS) is 23.5. The first kappa shape index (κ1) is 22.6. The monoisotopic (exact) mass is 498 g/mol. The fourth-order valence-electron chi connectivity index (χ4n) is 5.57. The lowest BCUT2D eigenvalue weighted by molar-refractivity contribution is -0.384. The summed E-state index contributed by atoms with van der Waals surface area (Å²) in [4.78, 5) is 54.3. The number of nitro groups is 1. The molecule has 3 aromatic rings. The van der Waals surface area contributed by atoms with Crippen molar-refractivity contribution in [1.82, 2.24) is 0 Å². The second kappa shape index (κ2) is 8.37. The van der Waals surface area contributed by atoms with Gasteiger partial charge in [-0.15, -0.1) is 0 Å². The van der Waals surface area contributed by atoms with Crippen LogP contribution >= 0.6 is 0 Å². The van der Waals surface area contributed by atoms with Gasteiger partial charge in [0.25, 0.3) is 5.69 Å². The summed E-state index contributed by atoms with van der Waals surface area (Å²) in [5.74, 6) is -4.06. The summed E-state index contributed by atoms with van der Waals surface area (Å²) in [6, 6.07) is 16.4. The highest BCUT2D eigenvalue weighted by Crippen LogP contribution is 2.49. The van der Waals surface area contributed by atoms with Crippen molar-refractivity contribution < 1.29 is 23.7 Å². The van der Waals surface area contributed by atoms with Gasteiger partial charge in [-0.3, -0.25) is 24.5 Å². The Morgan fingerprint density at radius 1 is 0.946 bits per heavy atom. The van der Waals surface area contributed by atoms with Crippen LogP contribution in [0.2, 0.25) is 0 Å². The molecule has 2 saturated heterocycles. The van der Waals surface area contributed by atoms with Crippen LogP contribution in [0.3, 0.4) is 0 Å². The van der Waals surface area contributed by atoms with Crippen LogP contribution < -0.4 is 15.1 Å². The number of nitro benzene ring substituents is 1. The molecule has 37 heavy (non-hydrogen) atoms. The molecule has 3 aliphatic heterocycles.